The maximum Gasteiger partial charge on any atom is 0.345 e. The highest BCUT2D eigenvalue weighted by Gasteiger charge is 2.32. The number of fused-ring (bicyclic) bond motifs is 1. The predicted molar refractivity (Wildman–Crippen MR) is 145 cm³/mol. The topological polar surface area (TPSA) is 129 Å². The molecule has 1 aliphatic heterocycles. The van der Waals surface area contributed by atoms with Gasteiger partial charge in [0.1, 0.15) is 11.3 Å². The maximum atomic E-state index is 12.8. The standard InChI is InChI=1S/C28H25N3O7S/c1-30(22-13-14-39(35,36)18-22)25(32)17-37-26(33)12-11-20-16-31(21-8-3-2-4-9-21)29-27(20)23-15-19-7-5-6-10-24(19)38-28(23)34/h2-12,15-16,22H,13-14,17-18H2,1H3/b12-11+/t22-/m0/s1. The molecule has 0 spiro atoms. The van der Waals surface area contributed by atoms with Crippen molar-refractivity contribution in [3.05, 3.63) is 88.9 Å². The van der Waals surface area contributed by atoms with Crippen LogP contribution in [0.15, 0.2) is 82.1 Å². The smallest absolute Gasteiger partial charge is 0.345 e. The van der Waals surface area contributed by atoms with Crippen LogP contribution in [0, 0.1) is 0 Å². The molecule has 1 fully saturated rings. The molecule has 0 saturated carbocycles. The van der Waals surface area contributed by atoms with Crippen LogP contribution in [0.1, 0.15) is 12.0 Å². The minimum absolute atomic E-state index is 0.0341. The highest BCUT2D eigenvalue weighted by molar-refractivity contribution is 7.91. The number of esters is 1. The number of hydrogen-bond donors (Lipinski definition) is 0. The maximum absolute atomic E-state index is 12.8. The Kier molecular flexibility index (Phi) is 7.16. The van der Waals surface area contributed by atoms with Crippen LogP contribution >= 0.6 is 0 Å². The van der Waals surface area contributed by atoms with Gasteiger partial charge in [-0.3, -0.25) is 4.79 Å². The van der Waals surface area contributed by atoms with E-state index in [4.69, 9.17) is 9.15 Å². The van der Waals surface area contributed by atoms with Gasteiger partial charge >= 0.3 is 11.6 Å². The quantitative estimate of drug-likeness (QED) is 0.196. The number of aromatic nitrogens is 2. The lowest BCUT2D eigenvalue weighted by Crippen LogP contribution is -2.40. The normalized spacial score (nSPS) is 16.5. The lowest BCUT2D eigenvalue weighted by atomic mass is 10.1. The second-order valence-electron chi connectivity index (χ2n) is 9.20. The molecule has 39 heavy (non-hydrogen) atoms. The molecule has 200 valence electrons. The van der Waals surface area contributed by atoms with Gasteiger partial charge in [0.2, 0.25) is 0 Å². The number of carbonyl (C=O) groups excluding carboxylic acids is 2. The molecule has 1 amide bonds. The molecule has 1 atom stereocenters. The van der Waals surface area contributed by atoms with E-state index >= 15 is 0 Å². The minimum atomic E-state index is -3.15. The summed E-state index contributed by atoms with van der Waals surface area (Å²) in [6.07, 6.45) is 4.63. The Hall–Kier alpha value is -4.51. The number of para-hydroxylation sites is 2. The van der Waals surface area contributed by atoms with Gasteiger partial charge < -0.3 is 14.1 Å². The highest BCUT2D eigenvalue weighted by Crippen LogP contribution is 2.25. The third-order valence-electron chi connectivity index (χ3n) is 6.55. The Morgan fingerprint density at radius 3 is 2.64 bits per heavy atom. The largest absolute Gasteiger partial charge is 0.452 e. The number of benzene rings is 2. The van der Waals surface area contributed by atoms with Crippen molar-refractivity contribution in [2.45, 2.75) is 12.5 Å². The van der Waals surface area contributed by atoms with Gasteiger partial charge in [0.15, 0.2) is 16.4 Å². The lowest BCUT2D eigenvalue weighted by molar-refractivity contribution is -0.148. The van der Waals surface area contributed by atoms with Gasteiger partial charge in [-0.1, -0.05) is 36.4 Å². The molecule has 3 heterocycles. The minimum Gasteiger partial charge on any atom is -0.452 e. The molecule has 0 radical (unpaired) electrons. The number of amides is 1. The molecule has 2 aromatic heterocycles. The third kappa shape index (κ3) is 5.83. The van der Waals surface area contributed by atoms with Gasteiger partial charge in [0.05, 0.1) is 22.8 Å². The van der Waals surface area contributed by atoms with Crippen LogP contribution in [0.5, 0.6) is 0 Å². The number of rotatable bonds is 7. The molecule has 4 aromatic rings. The van der Waals surface area contributed by atoms with Gasteiger partial charge in [0, 0.05) is 36.3 Å². The summed E-state index contributed by atoms with van der Waals surface area (Å²) in [7, 11) is -1.66. The average molecular weight is 548 g/mol. The first-order valence-electron chi connectivity index (χ1n) is 12.2. The molecule has 0 N–H and O–H groups in total. The molecule has 5 rings (SSSR count). The summed E-state index contributed by atoms with van der Waals surface area (Å²) in [5.41, 5.74) is 1.60. The average Bonchev–Trinajstić information content (AvgIpc) is 3.53. The number of sulfone groups is 1. The fourth-order valence-corrected chi connectivity index (χ4v) is 6.16. The van der Waals surface area contributed by atoms with Crippen LogP contribution in [0.25, 0.3) is 34.0 Å². The van der Waals surface area contributed by atoms with Gasteiger partial charge in [-0.15, -0.1) is 0 Å². The lowest BCUT2D eigenvalue weighted by Gasteiger charge is -2.22. The van der Waals surface area contributed by atoms with Gasteiger partial charge in [-0.2, -0.15) is 5.10 Å². The zero-order valence-electron chi connectivity index (χ0n) is 21.0. The number of hydrogen-bond acceptors (Lipinski definition) is 8. The molecule has 2 aromatic carbocycles. The van der Waals surface area contributed by atoms with E-state index in [1.54, 1.807) is 29.1 Å². The number of carbonyl (C=O) groups is 2. The van der Waals surface area contributed by atoms with E-state index in [-0.39, 0.29) is 17.1 Å². The SMILES string of the molecule is CN(C(=O)COC(=O)/C=C/c1cn(-c2ccccc2)nc1-c1cc2ccccc2oc1=O)[C@H]1CCS(=O)(=O)C1. The van der Waals surface area contributed by atoms with Crippen molar-refractivity contribution in [2.24, 2.45) is 0 Å². The molecule has 1 aliphatic rings. The van der Waals surface area contributed by atoms with E-state index in [0.717, 1.165) is 11.8 Å². The van der Waals surface area contributed by atoms with Gasteiger partial charge in [0.25, 0.3) is 5.91 Å². The van der Waals surface area contributed by atoms with Crippen LogP contribution in [0.2, 0.25) is 0 Å². The Bertz CT molecular complexity index is 1740. The van der Waals surface area contributed by atoms with E-state index in [1.807, 2.05) is 42.5 Å². The summed E-state index contributed by atoms with van der Waals surface area (Å²) in [6.45, 7) is -0.527. The Balaban J connectivity index is 1.37. The summed E-state index contributed by atoms with van der Waals surface area (Å²) in [5.74, 6) is -1.34. The molecule has 0 aliphatic carbocycles. The highest BCUT2D eigenvalue weighted by atomic mass is 32.2. The molecule has 1 saturated heterocycles. The van der Waals surface area contributed by atoms with Crippen LogP contribution < -0.4 is 5.63 Å². The monoisotopic (exact) mass is 547 g/mol. The second kappa shape index (κ2) is 10.7. The molecule has 0 bridgehead atoms. The van der Waals surface area contributed by atoms with E-state index in [1.165, 1.54) is 18.0 Å². The van der Waals surface area contributed by atoms with E-state index in [2.05, 4.69) is 5.10 Å². The van der Waals surface area contributed by atoms with Crippen molar-refractivity contribution >= 4 is 38.8 Å². The zero-order valence-corrected chi connectivity index (χ0v) is 21.8. The van der Waals surface area contributed by atoms with Crippen LogP contribution in [-0.2, 0) is 24.2 Å². The van der Waals surface area contributed by atoms with Crippen molar-refractivity contribution in [3.63, 3.8) is 0 Å². The van der Waals surface area contributed by atoms with Gasteiger partial charge in [-0.25, -0.2) is 22.7 Å². The summed E-state index contributed by atoms with van der Waals surface area (Å²) >= 11 is 0. The fraction of sp³-hybridized carbons (Fsp3) is 0.214. The predicted octanol–water partition coefficient (Wildman–Crippen LogP) is 2.85. The first kappa shape index (κ1) is 26.1. The molecule has 10 nitrogen and oxygen atoms in total. The summed E-state index contributed by atoms with van der Waals surface area (Å²) in [5, 5.41) is 5.31. The van der Waals surface area contributed by atoms with Crippen LogP contribution in [0.4, 0.5) is 0 Å². The van der Waals surface area contributed by atoms with Crippen molar-refractivity contribution in [1.29, 1.82) is 0 Å². The first-order chi connectivity index (χ1) is 18.7. The third-order valence-corrected chi connectivity index (χ3v) is 8.30. The van der Waals surface area contributed by atoms with Crippen molar-refractivity contribution in [3.8, 4) is 16.9 Å². The number of nitrogens with zero attached hydrogens (tertiary/aromatic N) is 3. The van der Waals surface area contributed by atoms with Crippen molar-refractivity contribution in [2.75, 3.05) is 25.2 Å². The first-order valence-corrected chi connectivity index (χ1v) is 14.0. The zero-order chi connectivity index (χ0) is 27.6. The Morgan fingerprint density at radius 1 is 1.15 bits per heavy atom. The van der Waals surface area contributed by atoms with Crippen LogP contribution in [0.3, 0.4) is 0 Å². The fourth-order valence-electron chi connectivity index (χ4n) is 4.38. The Labute approximate surface area is 224 Å². The van der Waals surface area contributed by atoms with Crippen LogP contribution in [-0.4, -0.2) is 66.2 Å². The summed E-state index contributed by atoms with van der Waals surface area (Å²) < 4.78 is 35.6. The van der Waals surface area contributed by atoms with Crippen molar-refractivity contribution in [1.82, 2.24) is 14.7 Å². The van der Waals surface area contributed by atoms with E-state index in [9.17, 15) is 22.8 Å². The van der Waals surface area contributed by atoms with E-state index < -0.39 is 40.0 Å². The number of likely N-dealkylation sites (N-methyl/N-ethyl adjacent to an activating group) is 1. The number of ether oxygens (including phenoxy) is 1. The Morgan fingerprint density at radius 2 is 1.90 bits per heavy atom. The van der Waals surface area contributed by atoms with Crippen molar-refractivity contribution < 1.29 is 27.2 Å². The summed E-state index contributed by atoms with van der Waals surface area (Å²) in [6, 6.07) is 17.6. The summed E-state index contributed by atoms with van der Waals surface area (Å²) in [4.78, 5) is 39.0. The van der Waals surface area contributed by atoms with Gasteiger partial charge in [-0.05, 0) is 36.8 Å². The molecule has 11 heteroatoms. The second-order valence-corrected chi connectivity index (χ2v) is 11.4. The van der Waals surface area contributed by atoms with E-state index in [0.29, 0.717) is 28.6 Å². The molecular weight excluding hydrogens is 522 g/mol. The molecular formula is C28H25N3O7S. The molecule has 0 unspecified atom stereocenters.